The highest BCUT2D eigenvalue weighted by Crippen LogP contribution is 2.22. The first-order valence-corrected chi connectivity index (χ1v) is 7.55. The Hall–Kier alpha value is -1.62. The number of amides is 1. The fourth-order valence-electron chi connectivity index (χ4n) is 2.59. The predicted octanol–water partition coefficient (Wildman–Crippen LogP) is 2.33. The molecule has 4 nitrogen and oxygen atoms in total. The van der Waals surface area contributed by atoms with Crippen molar-refractivity contribution in [2.45, 2.75) is 32.2 Å². The van der Waals surface area contributed by atoms with Gasteiger partial charge in [-0.2, -0.15) is 0 Å². The smallest absolute Gasteiger partial charge is 0.260 e. The molecule has 1 aliphatic heterocycles. The minimum Gasteiger partial charge on any atom is -0.480 e. The molecule has 0 aromatic heterocycles. The first kappa shape index (κ1) is 15.8. The summed E-state index contributed by atoms with van der Waals surface area (Å²) in [6, 6.07) is 4.79. The van der Waals surface area contributed by atoms with Gasteiger partial charge in [0.15, 0.2) is 18.2 Å². The number of carbonyl (C=O) groups is 1. The first-order chi connectivity index (χ1) is 10.2. The van der Waals surface area contributed by atoms with Gasteiger partial charge in [0.2, 0.25) is 0 Å². The van der Waals surface area contributed by atoms with Crippen molar-refractivity contribution in [2.24, 2.45) is 0 Å². The van der Waals surface area contributed by atoms with Crippen LogP contribution in [0.25, 0.3) is 0 Å². The van der Waals surface area contributed by atoms with Crippen LogP contribution in [-0.4, -0.2) is 37.6 Å². The van der Waals surface area contributed by atoms with Crippen LogP contribution in [0.2, 0.25) is 0 Å². The summed E-state index contributed by atoms with van der Waals surface area (Å²) in [5.41, 5.74) is 0.723. The molecule has 0 unspecified atom stereocenters. The quantitative estimate of drug-likeness (QED) is 0.906. The van der Waals surface area contributed by atoms with Gasteiger partial charge in [0.1, 0.15) is 0 Å². The van der Waals surface area contributed by atoms with E-state index < -0.39 is 5.82 Å². The van der Waals surface area contributed by atoms with Gasteiger partial charge in [-0.1, -0.05) is 25.0 Å². The largest absolute Gasteiger partial charge is 0.480 e. The normalized spacial score (nSPS) is 15.6. The van der Waals surface area contributed by atoms with Crippen molar-refractivity contribution in [3.05, 3.63) is 29.6 Å². The second-order valence-electron chi connectivity index (χ2n) is 5.34. The van der Waals surface area contributed by atoms with E-state index in [4.69, 9.17) is 4.74 Å². The molecule has 5 heteroatoms. The number of para-hydroxylation sites is 1. The lowest BCUT2D eigenvalue weighted by Crippen LogP contribution is -2.35. The maximum atomic E-state index is 13.9. The van der Waals surface area contributed by atoms with Crippen molar-refractivity contribution in [2.75, 3.05) is 26.7 Å². The van der Waals surface area contributed by atoms with Crippen molar-refractivity contribution in [1.29, 1.82) is 0 Å². The molecule has 1 heterocycles. The van der Waals surface area contributed by atoms with Gasteiger partial charge >= 0.3 is 0 Å². The van der Waals surface area contributed by atoms with E-state index in [0.717, 1.165) is 31.5 Å². The zero-order chi connectivity index (χ0) is 15.1. The molecule has 0 spiro atoms. The van der Waals surface area contributed by atoms with Crippen molar-refractivity contribution in [3.8, 4) is 5.75 Å². The lowest BCUT2D eigenvalue weighted by atomic mass is 10.2. The molecule has 0 bridgehead atoms. The van der Waals surface area contributed by atoms with Crippen LogP contribution in [0.3, 0.4) is 0 Å². The van der Waals surface area contributed by atoms with E-state index in [1.54, 1.807) is 19.2 Å². The van der Waals surface area contributed by atoms with E-state index >= 15 is 0 Å². The minimum atomic E-state index is -0.425. The molecule has 2 rings (SSSR count). The number of rotatable bonds is 5. The minimum absolute atomic E-state index is 0.0597. The molecule has 1 fully saturated rings. The molecule has 1 amide bonds. The summed E-state index contributed by atoms with van der Waals surface area (Å²) in [5, 5.41) is 2.97. The SMILES string of the molecule is CNCc1cccc(F)c1OCC(=O)N1CCCCCC1. The Kier molecular flexibility index (Phi) is 5.99. The van der Waals surface area contributed by atoms with Crippen molar-refractivity contribution in [1.82, 2.24) is 10.2 Å². The van der Waals surface area contributed by atoms with Gasteiger partial charge in [-0.3, -0.25) is 4.79 Å². The van der Waals surface area contributed by atoms with Gasteiger partial charge in [0.25, 0.3) is 5.91 Å². The molecule has 0 atom stereocenters. The Balaban J connectivity index is 1.97. The van der Waals surface area contributed by atoms with E-state index in [9.17, 15) is 9.18 Å². The van der Waals surface area contributed by atoms with Gasteiger partial charge in [0.05, 0.1) is 0 Å². The maximum absolute atomic E-state index is 13.9. The molecular formula is C16H23FN2O2. The van der Waals surface area contributed by atoms with E-state index in [0.29, 0.717) is 6.54 Å². The highest BCUT2D eigenvalue weighted by Gasteiger charge is 2.17. The number of hydrogen-bond acceptors (Lipinski definition) is 3. The van der Waals surface area contributed by atoms with Crippen molar-refractivity contribution >= 4 is 5.91 Å². The monoisotopic (exact) mass is 294 g/mol. The Morgan fingerprint density at radius 3 is 2.67 bits per heavy atom. The lowest BCUT2D eigenvalue weighted by molar-refractivity contribution is -0.133. The molecule has 116 valence electrons. The lowest BCUT2D eigenvalue weighted by Gasteiger charge is -2.21. The molecule has 1 aromatic carbocycles. The van der Waals surface area contributed by atoms with Gasteiger partial charge in [-0.05, 0) is 26.0 Å². The number of hydrogen-bond donors (Lipinski definition) is 1. The number of halogens is 1. The Bertz CT molecular complexity index is 471. The predicted molar refractivity (Wildman–Crippen MR) is 79.7 cm³/mol. The molecule has 1 aliphatic rings. The third-order valence-electron chi connectivity index (χ3n) is 3.71. The average molecular weight is 294 g/mol. The summed E-state index contributed by atoms with van der Waals surface area (Å²) in [7, 11) is 1.79. The average Bonchev–Trinajstić information content (AvgIpc) is 2.76. The number of carbonyl (C=O) groups excluding carboxylic acids is 1. The van der Waals surface area contributed by atoms with E-state index in [1.807, 2.05) is 4.90 Å². The number of likely N-dealkylation sites (tertiary alicyclic amines) is 1. The van der Waals surface area contributed by atoms with Crippen LogP contribution in [0, 0.1) is 5.82 Å². The Morgan fingerprint density at radius 1 is 1.29 bits per heavy atom. The van der Waals surface area contributed by atoms with Crippen LogP contribution >= 0.6 is 0 Å². The van der Waals surface area contributed by atoms with Crippen molar-refractivity contribution < 1.29 is 13.9 Å². The molecule has 0 aliphatic carbocycles. The topological polar surface area (TPSA) is 41.6 Å². The van der Waals surface area contributed by atoms with Crippen LogP contribution < -0.4 is 10.1 Å². The number of ether oxygens (including phenoxy) is 1. The fraction of sp³-hybridized carbons (Fsp3) is 0.562. The summed E-state index contributed by atoms with van der Waals surface area (Å²) < 4.78 is 19.3. The second-order valence-corrected chi connectivity index (χ2v) is 5.34. The third-order valence-corrected chi connectivity index (χ3v) is 3.71. The van der Waals surface area contributed by atoms with Crippen LogP contribution in [0.4, 0.5) is 4.39 Å². The van der Waals surface area contributed by atoms with Gasteiger partial charge in [-0.15, -0.1) is 0 Å². The zero-order valence-corrected chi connectivity index (χ0v) is 12.5. The Labute approximate surface area is 125 Å². The third kappa shape index (κ3) is 4.43. The molecule has 0 radical (unpaired) electrons. The molecule has 1 saturated heterocycles. The van der Waals surface area contributed by atoms with Crippen molar-refractivity contribution in [3.63, 3.8) is 0 Å². The standard InChI is InChI=1S/C16H23FN2O2/c1-18-11-13-7-6-8-14(17)16(13)21-12-15(20)19-9-4-2-3-5-10-19/h6-8,18H,2-5,9-12H2,1H3. The molecule has 1 N–H and O–H groups in total. The maximum Gasteiger partial charge on any atom is 0.260 e. The van der Waals surface area contributed by atoms with Crippen LogP contribution in [-0.2, 0) is 11.3 Å². The summed E-state index contributed by atoms with van der Waals surface area (Å²) in [6.07, 6.45) is 4.42. The molecule has 21 heavy (non-hydrogen) atoms. The summed E-state index contributed by atoms with van der Waals surface area (Å²) in [6.45, 7) is 1.97. The van der Waals surface area contributed by atoms with E-state index in [-0.39, 0.29) is 18.3 Å². The highest BCUT2D eigenvalue weighted by atomic mass is 19.1. The summed E-state index contributed by atoms with van der Waals surface area (Å²) >= 11 is 0. The van der Waals surface area contributed by atoms with Gasteiger partial charge in [0, 0.05) is 25.2 Å². The highest BCUT2D eigenvalue weighted by molar-refractivity contribution is 5.77. The second kappa shape index (κ2) is 7.98. The number of benzene rings is 1. The van der Waals surface area contributed by atoms with E-state index in [2.05, 4.69) is 5.32 Å². The molecule has 0 saturated carbocycles. The molecule has 1 aromatic rings. The number of nitrogens with zero attached hydrogens (tertiary/aromatic N) is 1. The number of nitrogens with one attached hydrogen (secondary N) is 1. The summed E-state index contributed by atoms with van der Waals surface area (Å²) in [4.78, 5) is 14.0. The van der Waals surface area contributed by atoms with Crippen LogP contribution in [0.15, 0.2) is 18.2 Å². The van der Waals surface area contributed by atoms with Crippen LogP contribution in [0.1, 0.15) is 31.2 Å². The van der Waals surface area contributed by atoms with Gasteiger partial charge < -0.3 is 15.0 Å². The first-order valence-electron chi connectivity index (χ1n) is 7.55. The zero-order valence-electron chi connectivity index (χ0n) is 12.5. The summed E-state index contributed by atoms with van der Waals surface area (Å²) in [5.74, 6) is -0.308. The van der Waals surface area contributed by atoms with Crippen LogP contribution in [0.5, 0.6) is 5.75 Å². The molecular weight excluding hydrogens is 271 g/mol. The Morgan fingerprint density at radius 2 is 2.00 bits per heavy atom. The van der Waals surface area contributed by atoms with Gasteiger partial charge in [-0.25, -0.2) is 4.39 Å². The fourth-order valence-corrected chi connectivity index (χ4v) is 2.59. The van der Waals surface area contributed by atoms with E-state index in [1.165, 1.54) is 18.9 Å².